The molecule has 0 aromatic rings. The van der Waals surface area contributed by atoms with Crippen LogP contribution in [0.2, 0.25) is 0 Å². The molecule has 0 aliphatic rings. The molecule has 0 radical (unpaired) electrons. The predicted molar refractivity (Wildman–Crippen MR) is 91.4 cm³/mol. The molecular weight excluding hydrogens is 346 g/mol. The van der Waals surface area contributed by atoms with Crippen molar-refractivity contribution in [3.05, 3.63) is 0 Å². The summed E-state index contributed by atoms with van der Waals surface area (Å²) in [5.41, 5.74) is 0. The number of thioether (sulfide) groups is 1. The summed E-state index contributed by atoms with van der Waals surface area (Å²) in [6, 6.07) is 0. The van der Waals surface area contributed by atoms with Crippen LogP contribution in [-0.2, 0) is 23.1 Å². The van der Waals surface area contributed by atoms with Gasteiger partial charge in [0.2, 0.25) is 0 Å². The summed E-state index contributed by atoms with van der Waals surface area (Å²) in [6.45, 7) is 4.86. The van der Waals surface area contributed by atoms with Gasteiger partial charge in [0, 0.05) is 20.1 Å². The summed E-state index contributed by atoms with van der Waals surface area (Å²) in [5, 5.41) is -0.296. The Balaban J connectivity index is 0. The van der Waals surface area contributed by atoms with Crippen LogP contribution in [0.25, 0.3) is 0 Å². The minimum absolute atomic E-state index is 0. The van der Waals surface area contributed by atoms with E-state index in [2.05, 4.69) is 11.4 Å². The summed E-state index contributed by atoms with van der Waals surface area (Å²) in [5.74, 6) is 0. The van der Waals surface area contributed by atoms with E-state index in [0.717, 1.165) is 44.6 Å². The topological polar surface area (TPSA) is 84.9 Å². The Bertz CT molecular complexity index is 359. The van der Waals surface area contributed by atoms with Crippen LogP contribution in [0, 0.1) is 0 Å². The van der Waals surface area contributed by atoms with E-state index in [-0.39, 0.29) is 42.4 Å². The van der Waals surface area contributed by atoms with Crippen molar-refractivity contribution < 1.29 is 46.9 Å². The molecule has 0 amide bonds. The maximum atomic E-state index is 12.0. The van der Waals surface area contributed by atoms with E-state index in [9.17, 15) is 14.3 Å². The largest absolute Gasteiger partial charge is 1.00 e. The molecule has 9 heteroatoms. The summed E-state index contributed by atoms with van der Waals surface area (Å²) in [4.78, 5) is 23.2. The van der Waals surface area contributed by atoms with E-state index in [1.807, 2.05) is 6.92 Å². The molecule has 0 aromatic heterocycles. The standard InChI is InChI=1S/C15H31O6PS.Li/c1-4-6-7-8-9-10-15(16)23-14(12-20-11-5-2)13-21-22(17,18)19-3;/h14H,4-13H2,1-3H3,(H,17,18);/q;+1/p-1/t14-;/m1./s1. The van der Waals surface area contributed by atoms with Gasteiger partial charge < -0.3 is 18.7 Å². The van der Waals surface area contributed by atoms with E-state index in [4.69, 9.17) is 9.26 Å². The fourth-order valence-corrected chi connectivity index (χ4v) is 3.32. The first-order chi connectivity index (χ1) is 10.9. The second-order valence-electron chi connectivity index (χ2n) is 5.28. The van der Waals surface area contributed by atoms with Crippen LogP contribution >= 0.6 is 19.6 Å². The monoisotopic (exact) mass is 376 g/mol. The molecule has 6 nitrogen and oxygen atoms in total. The quantitative estimate of drug-likeness (QED) is 0.234. The normalized spacial score (nSPS) is 14.7. The third kappa shape index (κ3) is 16.2. The smallest absolute Gasteiger partial charge is 0.756 e. The van der Waals surface area contributed by atoms with Crippen LogP contribution in [0.15, 0.2) is 0 Å². The number of carbonyl (C=O) groups excluding carboxylic acids is 1. The first kappa shape index (κ1) is 26.9. The maximum absolute atomic E-state index is 12.0. The Morgan fingerprint density at radius 1 is 1.12 bits per heavy atom. The molecule has 0 aromatic carbocycles. The van der Waals surface area contributed by atoms with E-state index in [1.165, 1.54) is 12.8 Å². The van der Waals surface area contributed by atoms with Crippen LogP contribution in [0.1, 0.15) is 58.8 Å². The molecule has 0 aliphatic heterocycles. The fourth-order valence-electron chi connectivity index (χ4n) is 1.82. The molecule has 1 unspecified atom stereocenters. The summed E-state index contributed by atoms with van der Waals surface area (Å²) in [6.07, 6.45) is 6.79. The first-order valence-corrected chi connectivity index (χ1v) is 10.6. The van der Waals surface area contributed by atoms with Crippen molar-refractivity contribution in [1.82, 2.24) is 0 Å². The molecule has 0 N–H and O–H groups in total. The van der Waals surface area contributed by atoms with Gasteiger partial charge in [-0.05, 0) is 12.8 Å². The Hall–Kier alpha value is 0.687. The summed E-state index contributed by atoms with van der Waals surface area (Å²) < 4.78 is 25.7. The van der Waals surface area contributed by atoms with Gasteiger partial charge in [0.05, 0.1) is 18.5 Å². The van der Waals surface area contributed by atoms with Gasteiger partial charge in [-0.1, -0.05) is 51.3 Å². The van der Waals surface area contributed by atoms with E-state index < -0.39 is 7.82 Å². The Kier molecular flexibility index (Phi) is 19.2. The van der Waals surface area contributed by atoms with Crippen LogP contribution in [0.4, 0.5) is 0 Å². The third-order valence-electron chi connectivity index (χ3n) is 3.08. The zero-order valence-electron chi connectivity index (χ0n) is 15.5. The van der Waals surface area contributed by atoms with Crippen LogP contribution in [-0.4, -0.2) is 37.3 Å². The zero-order valence-corrected chi connectivity index (χ0v) is 17.2. The summed E-state index contributed by atoms with van der Waals surface area (Å²) in [7, 11) is -3.23. The van der Waals surface area contributed by atoms with E-state index >= 15 is 0 Å². The van der Waals surface area contributed by atoms with Crippen molar-refractivity contribution in [2.24, 2.45) is 0 Å². The molecule has 0 aliphatic carbocycles. The zero-order chi connectivity index (χ0) is 17.6. The number of phosphoric ester groups is 1. The molecule has 0 saturated heterocycles. The van der Waals surface area contributed by atoms with Crippen LogP contribution < -0.4 is 23.8 Å². The Labute approximate surface area is 162 Å². The van der Waals surface area contributed by atoms with Crippen molar-refractivity contribution in [2.75, 3.05) is 26.9 Å². The number of rotatable bonds is 15. The van der Waals surface area contributed by atoms with Gasteiger partial charge in [0.1, 0.15) is 0 Å². The van der Waals surface area contributed by atoms with Crippen molar-refractivity contribution in [3.63, 3.8) is 0 Å². The Morgan fingerprint density at radius 2 is 1.79 bits per heavy atom. The van der Waals surface area contributed by atoms with Gasteiger partial charge in [-0.3, -0.25) is 9.36 Å². The van der Waals surface area contributed by atoms with Gasteiger partial charge in [-0.15, -0.1) is 0 Å². The number of phosphoric acid groups is 1. The van der Waals surface area contributed by atoms with Gasteiger partial charge >= 0.3 is 18.9 Å². The summed E-state index contributed by atoms with van der Waals surface area (Å²) >= 11 is 1.11. The second-order valence-corrected chi connectivity index (χ2v) is 8.15. The number of hydrogen-bond donors (Lipinski definition) is 0. The predicted octanol–water partition coefficient (Wildman–Crippen LogP) is 0.537. The first-order valence-electron chi connectivity index (χ1n) is 8.23. The third-order valence-corrected chi connectivity index (χ3v) is 5.06. The molecule has 0 rings (SSSR count). The van der Waals surface area contributed by atoms with E-state index in [0.29, 0.717) is 13.0 Å². The SMILES string of the molecule is CCCCCCCC(=O)S[C@H](COCCC)COP(=O)([O-])OC.[Li+]. The van der Waals surface area contributed by atoms with Gasteiger partial charge in [0.15, 0.2) is 5.12 Å². The number of carbonyl (C=O) groups is 1. The average molecular weight is 376 g/mol. The average Bonchev–Trinajstić information content (AvgIpc) is 2.52. The molecule has 0 saturated carbocycles. The molecule has 0 bridgehead atoms. The molecule has 2 atom stereocenters. The maximum Gasteiger partial charge on any atom is 1.00 e. The molecule has 138 valence electrons. The number of unbranched alkanes of at least 4 members (excludes halogenated alkanes) is 4. The fraction of sp³-hybridized carbons (Fsp3) is 0.933. The van der Waals surface area contributed by atoms with Crippen LogP contribution in [0.5, 0.6) is 0 Å². The minimum atomic E-state index is -4.27. The Morgan fingerprint density at radius 3 is 2.38 bits per heavy atom. The van der Waals surface area contributed by atoms with Gasteiger partial charge in [-0.25, -0.2) is 0 Å². The number of hydrogen-bond acceptors (Lipinski definition) is 7. The molecule has 0 fully saturated rings. The van der Waals surface area contributed by atoms with Gasteiger partial charge in [-0.2, -0.15) is 0 Å². The van der Waals surface area contributed by atoms with Crippen molar-refractivity contribution in [2.45, 2.75) is 64.0 Å². The number of ether oxygens (including phenoxy) is 1. The van der Waals surface area contributed by atoms with Crippen molar-refractivity contribution in [3.8, 4) is 0 Å². The molecule has 0 spiro atoms. The van der Waals surface area contributed by atoms with Gasteiger partial charge in [0.25, 0.3) is 7.82 Å². The molecule has 0 heterocycles. The van der Waals surface area contributed by atoms with Crippen molar-refractivity contribution in [1.29, 1.82) is 0 Å². The van der Waals surface area contributed by atoms with E-state index in [1.54, 1.807) is 0 Å². The van der Waals surface area contributed by atoms with Crippen LogP contribution in [0.3, 0.4) is 0 Å². The minimum Gasteiger partial charge on any atom is -0.756 e. The molecule has 24 heavy (non-hydrogen) atoms. The molecular formula is C15H30LiO6PS. The second kappa shape index (κ2) is 17.1. The van der Waals surface area contributed by atoms with Crippen molar-refractivity contribution >= 4 is 24.7 Å².